The highest BCUT2D eigenvalue weighted by Gasteiger charge is 2.13. The van der Waals surface area contributed by atoms with Crippen LogP contribution in [-0.4, -0.2) is 10.1 Å². The van der Waals surface area contributed by atoms with Crippen LogP contribution < -0.4 is 5.73 Å². The molecule has 0 radical (unpaired) electrons. The molecule has 0 saturated heterocycles. The molecule has 3 aromatic rings. The largest absolute Gasteiger partial charge is 0.399 e. The predicted molar refractivity (Wildman–Crippen MR) is 82.0 cm³/mol. The van der Waals surface area contributed by atoms with Crippen LogP contribution in [0.3, 0.4) is 0 Å². The van der Waals surface area contributed by atoms with Crippen molar-refractivity contribution in [3.63, 3.8) is 0 Å². The van der Waals surface area contributed by atoms with Crippen molar-refractivity contribution in [1.29, 1.82) is 0 Å². The maximum Gasteiger partial charge on any atom is 0.259 e. The molecule has 0 saturated carbocycles. The van der Waals surface area contributed by atoms with Crippen molar-refractivity contribution in [3.05, 3.63) is 52.5 Å². The van der Waals surface area contributed by atoms with Gasteiger partial charge in [-0.2, -0.15) is 4.98 Å². The molecular formula is C15H12BrN3O. The average Bonchev–Trinajstić information content (AvgIpc) is 2.89. The molecule has 0 atom stereocenters. The zero-order valence-corrected chi connectivity index (χ0v) is 12.4. The summed E-state index contributed by atoms with van der Waals surface area (Å²) in [5.41, 5.74) is 9.29. The third-order valence-electron chi connectivity index (χ3n) is 2.95. The van der Waals surface area contributed by atoms with Crippen LogP contribution in [0.2, 0.25) is 0 Å². The van der Waals surface area contributed by atoms with Crippen molar-refractivity contribution in [2.75, 3.05) is 5.73 Å². The highest BCUT2D eigenvalue weighted by Crippen LogP contribution is 2.29. The summed E-state index contributed by atoms with van der Waals surface area (Å²) in [6.45, 7) is 2.03. The van der Waals surface area contributed by atoms with Crippen LogP contribution in [-0.2, 0) is 0 Å². The van der Waals surface area contributed by atoms with E-state index in [-0.39, 0.29) is 0 Å². The zero-order valence-electron chi connectivity index (χ0n) is 10.8. The van der Waals surface area contributed by atoms with Crippen molar-refractivity contribution in [3.8, 4) is 22.8 Å². The molecule has 0 unspecified atom stereocenters. The van der Waals surface area contributed by atoms with E-state index in [0.717, 1.165) is 15.6 Å². The van der Waals surface area contributed by atoms with Gasteiger partial charge in [0.05, 0.1) is 5.56 Å². The monoisotopic (exact) mass is 329 g/mol. The number of benzene rings is 2. The second-order valence-corrected chi connectivity index (χ2v) is 5.38. The molecule has 1 aromatic heterocycles. The van der Waals surface area contributed by atoms with E-state index in [1.165, 1.54) is 5.56 Å². The van der Waals surface area contributed by atoms with Gasteiger partial charge in [0.1, 0.15) is 0 Å². The Morgan fingerprint density at radius 2 is 1.85 bits per heavy atom. The minimum absolute atomic E-state index is 0.490. The first-order chi connectivity index (χ1) is 9.63. The van der Waals surface area contributed by atoms with Crippen LogP contribution in [0.25, 0.3) is 22.8 Å². The first-order valence-electron chi connectivity index (χ1n) is 6.09. The summed E-state index contributed by atoms with van der Waals surface area (Å²) in [6.07, 6.45) is 0. The Morgan fingerprint density at radius 3 is 2.55 bits per heavy atom. The molecule has 0 fully saturated rings. The van der Waals surface area contributed by atoms with E-state index in [1.54, 1.807) is 0 Å². The maximum atomic E-state index is 5.66. The van der Waals surface area contributed by atoms with Gasteiger partial charge < -0.3 is 10.3 Å². The Kier molecular flexibility index (Phi) is 3.28. The van der Waals surface area contributed by atoms with Gasteiger partial charge in [0.15, 0.2) is 0 Å². The van der Waals surface area contributed by atoms with Crippen molar-refractivity contribution in [2.24, 2.45) is 0 Å². The molecule has 0 spiro atoms. The number of nitrogens with two attached hydrogens (primary N) is 1. The topological polar surface area (TPSA) is 64.9 Å². The number of nitrogen functional groups attached to an aromatic ring is 1. The molecule has 2 aromatic carbocycles. The third-order valence-corrected chi connectivity index (χ3v) is 3.61. The lowest BCUT2D eigenvalue weighted by Crippen LogP contribution is -1.85. The summed E-state index contributed by atoms with van der Waals surface area (Å²) in [4.78, 5) is 4.42. The second-order valence-electron chi connectivity index (χ2n) is 4.53. The van der Waals surface area contributed by atoms with Crippen molar-refractivity contribution in [2.45, 2.75) is 6.92 Å². The molecule has 2 N–H and O–H groups in total. The Hall–Kier alpha value is -2.14. The first kappa shape index (κ1) is 12.9. The minimum atomic E-state index is 0.490. The molecule has 0 aliphatic rings. The SMILES string of the molecule is Cc1ccc(-c2nc(-c3ccc(N)cc3)no2)c(Br)c1. The van der Waals surface area contributed by atoms with E-state index in [4.69, 9.17) is 10.3 Å². The molecule has 0 aliphatic carbocycles. The molecule has 100 valence electrons. The molecule has 0 bridgehead atoms. The highest BCUT2D eigenvalue weighted by molar-refractivity contribution is 9.10. The predicted octanol–water partition coefficient (Wildman–Crippen LogP) is 4.06. The van der Waals surface area contributed by atoms with Gasteiger partial charge in [-0.05, 0) is 64.8 Å². The second kappa shape index (κ2) is 5.09. The van der Waals surface area contributed by atoms with Crippen molar-refractivity contribution < 1.29 is 4.52 Å². The number of halogens is 1. The van der Waals surface area contributed by atoms with E-state index in [0.29, 0.717) is 17.4 Å². The van der Waals surface area contributed by atoms with Gasteiger partial charge >= 0.3 is 0 Å². The Bertz CT molecular complexity index is 750. The summed E-state index contributed by atoms with van der Waals surface area (Å²) < 4.78 is 6.27. The molecular weight excluding hydrogens is 318 g/mol. The third kappa shape index (κ3) is 2.44. The van der Waals surface area contributed by atoms with E-state index < -0.39 is 0 Å². The van der Waals surface area contributed by atoms with Gasteiger partial charge in [0, 0.05) is 15.7 Å². The summed E-state index contributed by atoms with van der Waals surface area (Å²) in [5, 5.41) is 4.01. The fourth-order valence-corrected chi connectivity index (χ4v) is 2.54. The maximum absolute atomic E-state index is 5.66. The molecule has 5 heteroatoms. The molecule has 0 amide bonds. The molecule has 0 aliphatic heterocycles. The minimum Gasteiger partial charge on any atom is -0.399 e. The van der Waals surface area contributed by atoms with Crippen molar-refractivity contribution >= 4 is 21.6 Å². The van der Waals surface area contributed by atoms with E-state index in [1.807, 2.05) is 49.4 Å². The van der Waals surface area contributed by atoms with Crippen LogP contribution in [0.15, 0.2) is 51.5 Å². The number of aryl methyl sites for hydroxylation is 1. The van der Waals surface area contributed by atoms with Gasteiger partial charge in [-0.1, -0.05) is 11.2 Å². The van der Waals surface area contributed by atoms with E-state index >= 15 is 0 Å². The highest BCUT2D eigenvalue weighted by atomic mass is 79.9. The summed E-state index contributed by atoms with van der Waals surface area (Å²) in [5.74, 6) is 1.04. The lowest BCUT2D eigenvalue weighted by molar-refractivity contribution is 0.432. The first-order valence-corrected chi connectivity index (χ1v) is 6.89. The van der Waals surface area contributed by atoms with Crippen LogP contribution >= 0.6 is 15.9 Å². The van der Waals surface area contributed by atoms with Gasteiger partial charge in [-0.15, -0.1) is 0 Å². The zero-order chi connectivity index (χ0) is 14.1. The van der Waals surface area contributed by atoms with Crippen LogP contribution in [0.5, 0.6) is 0 Å². The fraction of sp³-hybridized carbons (Fsp3) is 0.0667. The summed E-state index contributed by atoms with van der Waals surface area (Å²) in [6, 6.07) is 13.3. The summed E-state index contributed by atoms with van der Waals surface area (Å²) in [7, 11) is 0. The number of hydrogen-bond donors (Lipinski definition) is 1. The number of hydrogen-bond acceptors (Lipinski definition) is 4. The van der Waals surface area contributed by atoms with E-state index in [9.17, 15) is 0 Å². The van der Waals surface area contributed by atoms with Gasteiger partial charge in [-0.25, -0.2) is 0 Å². The standard InChI is InChI=1S/C15H12BrN3O/c1-9-2-7-12(13(16)8-9)15-18-14(19-20-15)10-3-5-11(17)6-4-10/h2-8H,17H2,1H3. The average molecular weight is 330 g/mol. The van der Waals surface area contributed by atoms with Gasteiger partial charge in [0.25, 0.3) is 5.89 Å². The number of rotatable bonds is 2. The molecule has 1 heterocycles. The number of aromatic nitrogens is 2. The van der Waals surface area contributed by atoms with Crippen LogP contribution in [0.1, 0.15) is 5.56 Å². The van der Waals surface area contributed by atoms with Gasteiger partial charge in [-0.3, -0.25) is 0 Å². The molecule has 4 nitrogen and oxygen atoms in total. The lowest BCUT2D eigenvalue weighted by atomic mass is 10.1. The van der Waals surface area contributed by atoms with E-state index in [2.05, 4.69) is 26.1 Å². The summed E-state index contributed by atoms with van der Waals surface area (Å²) >= 11 is 3.51. The van der Waals surface area contributed by atoms with Crippen LogP contribution in [0, 0.1) is 6.92 Å². The lowest BCUT2D eigenvalue weighted by Gasteiger charge is -1.99. The Balaban J connectivity index is 1.99. The molecule has 3 rings (SSSR count). The number of anilines is 1. The Morgan fingerprint density at radius 1 is 1.10 bits per heavy atom. The van der Waals surface area contributed by atoms with Crippen LogP contribution in [0.4, 0.5) is 5.69 Å². The quantitative estimate of drug-likeness (QED) is 0.720. The van der Waals surface area contributed by atoms with Gasteiger partial charge in [0.2, 0.25) is 5.82 Å². The fourth-order valence-electron chi connectivity index (χ4n) is 1.88. The van der Waals surface area contributed by atoms with Crippen molar-refractivity contribution in [1.82, 2.24) is 10.1 Å². The normalized spacial score (nSPS) is 10.7. The number of nitrogens with zero attached hydrogens (tertiary/aromatic N) is 2. The Labute approximate surface area is 124 Å². The smallest absolute Gasteiger partial charge is 0.259 e. The molecule has 20 heavy (non-hydrogen) atoms.